The Balaban J connectivity index is 1.54. The second kappa shape index (κ2) is 10.9. The molecule has 2 N–H and O–H groups in total. The third-order valence-corrected chi connectivity index (χ3v) is 6.33. The number of hydrogen-bond donors (Lipinski definition) is 2. The fraction of sp³-hybridized carbons (Fsp3) is 0.333. The number of amidine groups is 1. The van der Waals surface area contributed by atoms with Crippen LogP contribution in [0, 0.1) is 6.92 Å². The lowest BCUT2D eigenvalue weighted by Gasteiger charge is -2.19. The van der Waals surface area contributed by atoms with E-state index >= 15 is 0 Å². The van der Waals surface area contributed by atoms with Gasteiger partial charge in [0.1, 0.15) is 5.25 Å². The second-order valence-corrected chi connectivity index (χ2v) is 8.68. The van der Waals surface area contributed by atoms with Crippen molar-refractivity contribution in [2.75, 3.05) is 18.4 Å². The number of anilines is 1. The number of amides is 3. The summed E-state index contributed by atoms with van der Waals surface area (Å²) in [6, 6.07) is 14.7. The molecule has 7 nitrogen and oxygen atoms in total. The number of nitrogens with one attached hydrogen (secondary N) is 2. The molecule has 0 aromatic heterocycles. The standard InChI is InChI=1S/C24H28N4O3S/c1-4-28(5-2)24-27-23(31)20(32-24)14-21(29)26-19-8-6-7-18(13-19)22(30)25-15-17-11-9-16(3)10-12-17/h6-13,20H,4-5,14-15H2,1-3H3,(H,25,30)(H,26,29)/t20-/m0/s1. The quantitative estimate of drug-likeness (QED) is 0.639. The molecule has 0 saturated heterocycles. The van der Waals surface area contributed by atoms with E-state index in [1.807, 2.05) is 49.9 Å². The normalized spacial score (nSPS) is 15.3. The van der Waals surface area contributed by atoms with Crippen LogP contribution in [-0.4, -0.2) is 46.1 Å². The SMILES string of the molecule is CCN(CC)C1=NC(=O)[C@H](CC(=O)Nc2cccc(C(=O)NCc3ccc(C)cc3)c2)S1. The molecule has 1 atom stereocenters. The number of carbonyl (C=O) groups excluding carboxylic acids is 3. The van der Waals surface area contributed by atoms with Gasteiger partial charge in [-0.05, 0) is 44.5 Å². The third kappa shape index (κ3) is 6.20. The smallest absolute Gasteiger partial charge is 0.262 e. The van der Waals surface area contributed by atoms with Gasteiger partial charge < -0.3 is 15.5 Å². The zero-order chi connectivity index (χ0) is 23.1. The predicted octanol–water partition coefficient (Wildman–Crippen LogP) is 3.59. The first kappa shape index (κ1) is 23.5. The maximum Gasteiger partial charge on any atom is 0.262 e. The van der Waals surface area contributed by atoms with Crippen LogP contribution in [0.25, 0.3) is 0 Å². The maximum absolute atomic E-state index is 12.5. The van der Waals surface area contributed by atoms with Gasteiger partial charge in [-0.15, -0.1) is 0 Å². The summed E-state index contributed by atoms with van der Waals surface area (Å²) in [6.45, 7) is 7.95. The molecule has 0 aliphatic carbocycles. The van der Waals surface area contributed by atoms with E-state index in [2.05, 4.69) is 15.6 Å². The predicted molar refractivity (Wildman–Crippen MR) is 129 cm³/mol. The monoisotopic (exact) mass is 452 g/mol. The first-order chi connectivity index (χ1) is 15.4. The van der Waals surface area contributed by atoms with Crippen molar-refractivity contribution < 1.29 is 14.4 Å². The molecule has 1 aliphatic rings. The minimum absolute atomic E-state index is 0.0294. The molecule has 168 valence electrons. The molecule has 2 aromatic rings. The number of thioether (sulfide) groups is 1. The van der Waals surface area contributed by atoms with E-state index in [-0.39, 0.29) is 24.1 Å². The van der Waals surface area contributed by atoms with Crippen LogP contribution in [-0.2, 0) is 16.1 Å². The Morgan fingerprint density at radius 3 is 2.50 bits per heavy atom. The zero-order valence-corrected chi connectivity index (χ0v) is 19.4. The lowest BCUT2D eigenvalue weighted by molar-refractivity contribution is -0.121. The number of nitrogens with zero attached hydrogens (tertiary/aromatic N) is 2. The van der Waals surface area contributed by atoms with Crippen LogP contribution in [0.15, 0.2) is 53.5 Å². The summed E-state index contributed by atoms with van der Waals surface area (Å²) >= 11 is 1.33. The van der Waals surface area contributed by atoms with Crippen LogP contribution in [0.4, 0.5) is 5.69 Å². The summed E-state index contributed by atoms with van der Waals surface area (Å²) < 4.78 is 0. The number of hydrogen-bond acceptors (Lipinski definition) is 5. The van der Waals surface area contributed by atoms with Gasteiger partial charge in [0.2, 0.25) is 5.91 Å². The molecule has 8 heteroatoms. The van der Waals surface area contributed by atoms with Crippen LogP contribution in [0.1, 0.15) is 41.8 Å². The highest BCUT2D eigenvalue weighted by Crippen LogP contribution is 2.27. The molecule has 0 unspecified atom stereocenters. The van der Waals surface area contributed by atoms with Crippen LogP contribution >= 0.6 is 11.8 Å². The summed E-state index contributed by atoms with van der Waals surface area (Å²) in [7, 11) is 0. The fourth-order valence-electron chi connectivity index (χ4n) is 3.25. The highest BCUT2D eigenvalue weighted by molar-refractivity contribution is 8.15. The highest BCUT2D eigenvalue weighted by Gasteiger charge is 2.32. The van der Waals surface area contributed by atoms with Gasteiger partial charge in [0, 0.05) is 37.3 Å². The largest absolute Gasteiger partial charge is 0.352 e. The zero-order valence-electron chi connectivity index (χ0n) is 18.6. The average molecular weight is 453 g/mol. The molecule has 2 aromatic carbocycles. The van der Waals surface area contributed by atoms with Crippen molar-refractivity contribution in [1.29, 1.82) is 0 Å². The molecule has 1 heterocycles. The molecule has 0 fully saturated rings. The van der Waals surface area contributed by atoms with Gasteiger partial charge in [0.15, 0.2) is 5.17 Å². The van der Waals surface area contributed by atoms with E-state index in [0.717, 1.165) is 24.2 Å². The Morgan fingerprint density at radius 2 is 1.81 bits per heavy atom. The van der Waals surface area contributed by atoms with E-state index in [1.54, 1.807) is 24.3 Å². The van der Waals surface area contributed by atoms with Crippen molar-refractivity contribution in [2.24, 2.45) is 4.99 Å². The van der Waals surface area contributed by atoms with Crippen molar-refractivity contribution in [3.8, 4) is 0 Å². The molecular formula is C24H28N4O3S. The summed E-state index contributed by atoms with van der Waals surface area (Å²) in [5.74, 6) is -0.791. The van der Waals surface area contributed by atoms with E-state index < -0.39 is 5.25 Å². The summed E-state index contributed by atoms with van der Waals surface area (Å²) in [5, 5.41) is 5.82. The maximum atomic E-state index is 12.5. The van der Waals surface area contributed by atoms with Gasteiger partial charge >= 0.3 is 0 Å². The third-order valence-electron chi connectivity index (χ3n) is 5.12. The van der Waals surface area contributed by atoms with Crippen LogP contribution < -0.4 is 10.6 Å². The van der Waals surface area contributed by atoms with Gasteiger partial charge in [-0.1, -0.05) is 47.7 Å². The lowest BCUT2D eigenvalue weighted by Crippen LogP contribution is -2.28. The van der Waals surface area contributed by atoms with Crippen molar-refractivity contribution in [3.63, 3.8) is 0 Å². The van der Waals surface area contributed by atoms with Gasteiger partial charge in [-0.2, -0.15) is 4.99 Å². The van der Waals surface area contributed by atoms with Crippen LogP contribution in [0.2, 0.25) is 0 Å². The van der Waals surface area contributed by atoms with Crippen molar-refractivity contribution in [2.45, 2.75) is 39.0 Å². The van der Waals surface area contributed by atoms with Gasteiger partial charge in [0.05, 0.1) is 0 Å². The van der Waals surface area contributed by atoms with Gasteiger partial charge in [-0.3, -0.25) is 14.4 Å². The number of aryl methyl sites for hydroxylation is 1. The molecule has 0 saturated carbocycles. The number of rotatable bonds is 8. The fourth-order valence-corrected chi connectivity index (χ4v) is 4.44. The van der Waals surface area contributed by atoms with Crippen molar-refractivity contribution in [3.05, 3.63) is 65.2 Å². The number of carbonyl (C=O) groups is 3. The Bertz CT molecular complexity index is 1020. The number of benzene rings is 2. The Hall–Kier alpha value is -3.13. The molecule has 32 heavy (non-hydrogen) atoms. The van der Waals surface area contributed by atoms with E-state index in [0.29, 0.717) is 23.0 Å². The first-order valence-corrected chi connectivity index (χ1v) is 11.5. The summed E-state index contributed by atoms with van der Waals surface area (Å²) in [4.78, 5) is 43.3. The Morgan fingerprint density at radius 1 is 1.09 bits per heavy atom. The van der Waals surface area contributed by atoms with Crippen LogP contribution in [0.5, 0.6) is 0 Å². The molecule has 1 aliphatic heterocycles. The molecule has 3 amide bonds. The summed E-state index contributed by atoms with van der Waals surface area (Å²) in [6.07, 6.45) is 0.0294. The number of aliphatic imine (C=N–C) groups is 1. The van der Waals surface area contributed by atoms with Gasteiger partial charge in [-0.25, -0.2) is 0 Å². The molecule has 0 bridgehead atoms. The van der Waals surface area contributed by atoms with Crippen LogP contribution in [0.3, 0.4) is 0 Å². The van der Waals surface area contributed by atoms with E-state index in [9.17, 15) is 14.4 Å². The summed E-state index contributed by atoms with van der Waals surface area (Å²) in [5.41, 5.74) is 3.14. The Kier molecular flexibility index (Phi) is 8.05. The molecule has 0 spiro atoms. The van der Waals surface area contributed by atoms with E-state index in [1.165, 1.54) is 11.8 Å². The molecular weight excluding hydrogens is 424 g/mol. The average Bonchev–Trinajstić information content (AvgIpc) is 3.13. The highest BCUT2D eigenvalue weighted by atomic mass is 32.2. The molecule has 3 rings (SSSR count). The lowest BCUT2D eigenvalue weighted by atomic mass is 10.1. The van der Waals surface area contributed by atoms with Gasteiger partial charge in [0.25, 0.3) is 11.8 Å². The minimum atomic E-state index is -0.522. The van der Waals surface area contributed by atoms with Crippen molar-refractivity contribution >= 4 is 40.3 Å². The Labute approximate surface area is 192 Å². The minimum Gasteiger partial charge on any atom is -0.352 e. The van der Waals surface area contributed by atoms with Crippen molar-refractivity contribution in [1.82, 2.24) is 10.2 Å². The molecule has 0 radical (unpaired) electrons. The second-order valence-electron chi connectivity index (χ2n) is 7.51. The van der Waals surface area contributed by atoms with E-state index in [4.69, 9.17) is 0 Å². The first-order valence-electron chi connectivity index (χ1n) is 10.7. The topological polar surface area (TPSA) is 90.9 Å².